The van der Waals surface area contributed by atoms with Gasteiger partial charge in [-0.05, 0) is 51.0 Å². The first kappa shape index (κ1) is 19.4. The Bertz CT molecular complexity index is 983. The zero-order chi connectivity index (χ0) is 19.8. The van der Waals surface area contributed by atoms with Crippen LogP contribution in [0.25, 0.3) is 11.3 Å². The second kappa shape index (κ2) is 9.54. The van der Waals surface area contributed by atoms with Crippen LogP contribution in [0.5, 0.6) is 11.5 Å². The molecule has 0 spiro atoms. The number of ether oxygens (including phenoxy) is 1. The van der Waals surface area contributed by atoms with Crippen molar-refractivity contribution in [3.8, 4) is 34.6 Å². The lowest BCUT2D eigenvalue weighted by Crippen LogP contribution is -2.21. The molecule has 0 amide bonds. The average Bonchev–Trinajstić information content (AvgIpc) is 3.16. The van der Waals surface area contributed by atoms with Crippen LogP contribution in [-0.2, 0) is 6.54 Å². The summed E-state index contributed by atoms with van der Waals surface area (Å²) in [5.41, 5.74) is 3.98. The molecular formula is C23H24N4O. The number of aromatic nitrogens is 2. The number of hydrogen-bond acceptors (Lipinski definition) is 4. The third-order valence-corrected chi connectivity index (χ3v) is 4.30. The third kappa shape index (κ3) is 4.87. The van der Waals surface area contributed by atoms with Gasteiger partial charge in [-0.25, -0.2) is 0 Å². The lowest BCUT2D eigenvalue weighted by Gasteiger charge is -2.15. The quantitative estimate of drug-likeness (QED) is 0.472. The summed E-state index contributed by atoms with van der Waals surface area (Å²) in [6.07, 6.45) is 1.87. The predicted molar refractivity (Wildman–Crippen MR) is 114 cm³/mol. The molecule has 3 aromatic rings. The number of para-hydroxylation sites is 1. The van der Waals surface area contributed by atoms with Gasteiger partial charge in [-0.2, -0.15) is 5.10 Å². The summed E-state index contributed by atoms with van der Waals surface area (Å²) in [4.78, 5) is 6.11. The molecule has 0 aliphatic heterocycles. The van der Waals surface area contributed by atoms with Crippen LogP contribution in [0.4, 0.5) is 0 Å². The average molecular weight is 372 g/mol. The van der Waals surface area contributed by atoms with E-state index in [0.717, 1.165) is 47.0 Å². The van der Waals surface area contributed by atoms with Gasteiger partial charge in [0, 0.05) is 24.2 Å². The molecule has 28 heavy (non-hydrogen) atoms. The molecule has 2 aromatic carbocycles. The fraction of sp³-hybridized carbons (Fsp3) is 0.217. The lowest BCUT2D eigenvalue weighted by molar-refractivity contribution is 0.337. The zero-order valence-electron chi connectivity index (χ0n) is 16.3. The first-order chi connectivity index (χ1) is 13.7. The molecule has 0 unspecified atom stereocenters. The SMILES string of the molecule is C=NCCN(C)Cc1cn[nH]c1-c1ccc(Oc2ccccc2)c(C#CC)c1. The highest BCUT2D eigenvalue weighted by atomic mass is 16.5. The van der Waals surface area contributed by atoms with E-state index in [-0.39, 0.29) is 0 Å². The van der Waals surface area contributed by atoms with Gasteiger partial charge in [0.25, 0.3) is 0 Å². The number of benzene rings is 2. The standard InChI is InChI=1S/C23H24N4O/c1-4-8-18-15-19(11-12-22(18)28-21-9-6-5-7-10-21)23-20(16-25-26-23)17-27(3)14-13-24-2/h5-7,9-12,15-16H,2,13-14,17H2,1,3H3,(H,25,26). The Labute approximate surface area is 166 Å². The van der Waals surface area contributed by atoms with Gasteiger partial charge < -0.3 is 9.64 Å². The molecule has 0 aliphatic rings. The molecule has 0 saturated heterocycles. The maximum Gasteiger partial charge on any atom is 0.143 e. The van der Waals surface area contributed by atoms with Gasteiger partial charge in [-0.15, -0.1) is 5.92 Å². The molecule has 1 N–H and O–H groups in total. The molecule has 1 heterocycles. The van der Waals surface area contributed by atoms with Gasteiger partial charge in [0.2, 0.25) is 0 Å². The topological polar surface area (TPSA) is 53.5 Å². The molecule has 0 bridgehead atoms. The van der Waals surface area contributed by atoms with E-state index in [2.05, 4.69) is 45.7 Å². The summed E-state index contributed by atoms with van der Waals surface area (Å²) in [7, 11) is 2.06. The van der Waals surface area contributed by atoms with Crippen molar-refractivity contribution in [1.29, 1.82) is 0 Å². The van der Waals surface area contributed by atoms with Crippen LogP contribution in [0, 0.1) is 11.8 Å². The number of likely N-dealkylation sites (N-methyl/N-ethyl adjacent to an activating group) is 1. The van der Waals surface area contributed by atoms with Crippen molar-refractivity contribution in [2.75, 3.05) is 20.1 Å². The summed E-state index contributed by atoms with van der Waals surface area (Å²) in [5, 5.41) is 7.36. The minimum Gasteiger partial charge on any atom is -0.456 e. The van der Waals surface area contributed by atoms with Crippen molar-refractivity contribution in [3.05, 3.63) is 65.9 Å². The maximum absolute atomic E-state index is 6.02. The highest BCUT2D eigenvalue weighted by molar-refractivity contribution is 5.67. The van der Waals surface area contributed by atoms with Crippen molar-refractivity contribution >= 4 is 6.72 Å². The number of nitrogens with one attached hydrogen (secondary N) is 1. The van der Waals surface area contributed by atoms with Gasteiger partial charge in [-0.1, -0.05) is 24.1 Å². The van der Waals surface area contributed by atoms with E-state index in [4.69, 9.17) is 4.74 Å². The van der Waals surface area contributed by atoms with E-state index in [0.29, 0.717) is 6.54 Å². The Morgan fingerprint density at radius 1 is 1.21 bits per heavy atom. The summed E-state index contributed by atoms with van der Waals surface area (Å²) in [5.74, 6) is 7.64. The number of hydrogen-bond donors (Lipinski definition) is 1. The van der Waals surface area contributed by atoms with Gasteiger partial charge in [-0.3, -0.25) is 10.1 Å². The Morgan fingerprint density at radius 3 is 2.79 bits per heavy atom. The number of aliphatic imine (C=N–C) groups is 1. The fourth-order valence-electron chi connectivity index (χ4n) is 2.91. The summed E-state index contributed by atoms with van der Waals surface area (Å²) in [6.45, 7) is 7.70. The number of H-pyrrole nitrogens is 1. The highest BCUT2D eigenvalue weighted by Crippen LogP contribution is 2.30. The molecule has 0 atom stereocenters. The van der Waals surface area contributed by atoms with Crippen molar-refractivity contribution in [3.63, 3.8) is 0 Å². The highest BCUT2D eigenvalue weighted by Gasteiger charge is 2.13. The van der Waals surface area contributed by atoms with E-state index < -0.39 is 0 Å². The van der Waals surface area contributed by atoms with E-state index in [1.54, 1.807) is 0 Å². The second-order valence-electron chi connectivity index (χ2n) is 6.46. The predicted octanol–water partition coefficient (Wildman–Crippen LogP) is 4.37. The van der Waals surface area contributed by atoms with Crippen molar-refractivity contribution in [2.24, 2.45) is 4.99 Å². The minimum absolute atomic E-state index is 0.714. The number of rotatable bonds is 8. The first-order valence-electron chi connectivity index (χ1n) is 9.14. The Hall–Kier alpha value is -3.36. The molecule has 1 aromatic heterocycles. The second-order valence-corrected chi connectivity index (χ2v) is 6.46. The molecule has 3 rings (SSSR count). The van der Waals surface area contributed by atoms with Crippen LogP contribution in [0.1, 0.15) is 18.1 Å². The van der Waals surface area contributed by atoms with E-state index >= 15 is 0 Å². The van der Waals surface area contributed by atoms with E-state index in [1.807, 2.05) is 61.7 Å². The molecule has 0 saturated carbocycles. The first-order valence-corrected chi connectivity index (χ1v) is 9.14. The maximum atomic E-state index is 6.02. The smallest absolute Gasteiger partial charge is 0.143 e. The van der Waals surface area contributed by atoms with Crippen LogP contribution in [0.15, 0.2) is 59.7 Å². The lowest BCUT2D eigenvalue weighted by atomic mass is 10.0. The third-order valence-electron chi connectivity index (χ3n) is 4.30. The van der Waals surface area contributed by atoms with E-state index in [9.17, 15) is 0 Å². The van der Waals surface area contributed by atoms with Crippen LogP contribution in [0.3, 0.4) is 0 Å². The normalized spacial score (nSPS) is 10.4. The monoisotopic (exact) mass is 372 g/mol. The Kier molecular flexibility index (Phi) is 6.61. The molecule has 0 fully saturated rings. The van der Waals surface area contributed by atoms with Gasteiger partial charge in [0.1, 0.15) is 11.5 Å². The molecule has 0 radical (unpaired) electrons. The van der Waals surface area contributed by atoms with Crippen LogP contribution in [-0.4, -0.2) is 42.0 Å². The largest absolute Gasteiger partial charge is 0.456 e. The summed E-state index contributed by atoms with van der Waals surface area (Å²) < 4.78 is 6.02. The van der Waals surface area contributed by atoms with Gasteiger partial charge >= 0.3 is 0 Å². The van der Waals surface area contributed by atoms with Crippen molar-refractivity contribution in [2.45, 2.75) is 13.5 Å². The minimum atomic E-state index is 0.714. The summed E-state index contributed by atoms with van der Waals surface area (Å²) in [6, 6.07) is 15.7. The van der Waals surface area contributed by atoms with Crippen molar-refractivity contribution in [1.82, 2.24) is 15.1 Å². The molecule has 142 valence electrons. The van der Waals surface area contributed by atoms with Crippen LogP contribution < -0.4 is 4.74 Å². The molecular weight excluding hydrogens is 348 g/mol. The fourth-order valence-corrected chi connectivity index (χ4v) is 2.91. The Morgan fingerprint density at radius 2 is 2.04 bits per heavy atom. The number of nitrogens with zero attached hydrogens (tertiary/aromatic N) is 3. The van der Waals surface area contributed by atoms with Crippen LogP contribution >= 0.6 is 0 Å². The molecule has 5 nitrogen and oxygen atoms in total. The van der Waals surface area contributed by atoms with E-state index in [1.165, 1.54) is 0 Å². The molecule has 5 heteroatoms. The number of aromatic amines is 1. The summed E-state index contributed by atoms with van der Waals surface area (Å²) >= 11 is 0. The van der Waals surface area contributed by atoms with Gasteiger partial charge in [0.05, 0.1) is 24.0 Å². The Balaban J connectivity index is 1.87. The van der Waals surface area contributed by atoms with Gasteiger partial charge in [0.15, 0.2) is 0 Å². The zero-order valence-corrected chi connectivity index (χ0v) is 16.3. The van der Waals surface area contributed by atoms with Crippen molar-refractivity contribution < 1.29 is 4.74 Å². The van der Waals surface area contributed by atoms with Crippen LogP contribution in [0.2, 0.25) is 0 Å². The molecule has 0 aliphatic carbocycles.